The molecule has 0 saturated carbocycles. The fourth-order valence-corrected chi connectivity index (χ4v) is 1.97. The Balaban J connectivity index is 2.57. The monoisotopic (exact) mass is 185 g/mol. The van der Waals surface area contributed by atoms with Crippen molar-refractivity contribution in [3.05, 3.63) is 0 Å². The molecule has 0 aromatic heterocycles. The molecule has 0 amide bonds. The standard InChI is InChI=1S/C10H19NO2/c1-3-4-7-11-8-5-6-10(11,2)9(12)13/h3-8H2,1-2H3,(H,12,13). The van der Waals surface area contributed by atoms with Crippen LogP contribution in [0.2, 0.25) is 0 Å². The molecule has 0 aliphatic carbocycles. The first-order valence-electron chi connectivity index (χ1n) is 5.09. The summed E-state index contributed by atoms with van der Waals surface area (Å²) in [4.78, 5) is 13.2. The van der Waals surface area contributed by atoms with E-state index in [1.807, 2.05) is 6.92 Å². The van der Waals surface area contributed by atoms with E-state index in [1.54, 1.807) is 0 Å². The first-order valence-corrected chi connectivity index (χ1v) is 5.09. The number of carbonyl (C=O) groups is 1. The topological polar surface area (TPSA) is 40.5 Å². The van der Waals surface area contributed by atoms with Crippen LogP contribution in [0, 0.1) is 0 Å². The number of hydrogen-bond donors (Lipinski definition) is 1. The zero-order chi connectivity index (χ0) is 9.90. The van der Waals surface area contributed by atoms with Crippen molar-refractivity contribution >= 4 is 5.97 Å². The maximum Gasteiger partial charge on any atom is 0.323 e. The number of aliphatic carboxylic acids is 1. The van der Waals surface area contributed by atoms with Gasteiger partial charge in [0.05, 0.1) is 0 Å². The van der Waals surface area contributed by atoms with Gasteiger partial charge in [0.25, 0.3) is 0 Å². The minimum atomic E-state index is -0.666. The zero-order valence-electron chi connectivity index (χ0n) is 8.55. The lowest BCUT2D eigenvalue weighted by molar-refractivity contribution is -0.148. The van der Waals surface area contributed by atoms with Crippen molar-refractivity contribution in [1.82, 2.24) is 4.90 Å². The van der Waals surface area contributed by atoms with E-state index >= 15 is 0 Å². The van der Waals surface area contributed by atoms with Crippen LogP contribution in [0.5, 0.6) is 0 Å². The van der Waals surface area contributed by atoms with Gasteiger partial charge in [0.2, 0.25) is 0 Å². The summed E-state index contributed by atoms with van der Waals surface area (Å²) in [5, 5.41) is 9.10. The average molecular weight is 185 g/mol. The summed E-state index contributed by atoms with van der Waals surface area (Å²) in [5.74, 6) is -0.666. The number of nitrogens with zero attached hydrogens (tertiary/aromatic N) is 1. The van der Waals surface area contributed by atoms with E-state index in [0.717, 1.165) is 38.8 Å². The first-order chi connectivity index (χ1) is 6.11. The quantitative estimate of drug-likeness (QED) is 0.725. The lowest BCUT2D eigenvalue weighted by atomic mass is 9.99. The van der Waals surface area contributed by atoms with Crippen LogP contribution in [0.3, 0.4) is 0 Å². The molecule has 76 valence electrons. The Morgan fingerprint density at radius 1 is 1.62 bits per heavy atom. The summed E-state index contributed by atoms with van der Waals surface area (Å²) in [6.07, 6.45) is 4.05. The first kappa shape index (κ1) is 10.5. The predicted molar refractivity (Wildman–Crippen MR) is 51.8 cm³/mol. The second-order valence-electron chi connectivity index (χ2n) is 4.02. The molecule has 3 nitrogen and oxygen atoms in total. The molecular formula is C10H19NO2. The number of carboxylic acid groups (broad SMARTS) is 1. The van der Waals surface area contributed by atoms with Crippen molar-refractivity contribution in [3.8, 4) is 0 Å². The molecule has 0 spiro atoms. The second kappa shape index (κ2) is 4.09. The molecule has 13 heavy (non-hydrogen) atoms. The summed E-state index contributed by atoms with van der Waals surface area (Å²) in [7, 11) is 0. The minimum absolute atomic E-state index is 0.588. The van der Waals surface area contributed by atoms with Crippen LogP contribution in [-0.4, -0.2) is 34.6 Å². The van der Waals surface area contributed by atoms with E-state index < -0.39 is 11.5 Å². The van der Waals surface area contributed by atoms with Crippen LogP contribution >= 0.6 is 0 Å². The molecule has 1 heterocycles. The average Bonchev–Trinajstić information content (AvgIpc) is 2.45. The molecule has 1 rings (SSSR count). The van der Waals surface area contributed by atoms with Crippen molar-refractivity contribution < 1.29 is 9.90 Å². The molecule has 0 bridgehead atoms. The lowest BCUT2D eigenvalue weighted by Crippen LogP contribution is -2.48. The summed E-state index contributed by atoms with van der Waals surface area (Å²) in [5.41, 5.74) is -0.588. The second-order valence-corrected chi connectivity index (χ2v) is 4.02. The Hall–Kier alpha value is -0.570. The van der Waals surface area contributed by atoms with Gasteiger partial charge in [0.1, 0.15) is 5.54 Å². The summed E-state index contributed by atoms with van der Waals surface area (Å²) < 4.78 is 0. The highest BCUT2D eigenvalue weighted by Crippen LogP contribution is 2.29. The molecule has 0 aromatic carbocycles. The van der Waals surface area contributed by atoms with Crippen LogP contribution in [0.25, 0.3) is 0 Å². The van der Waals surface area contributed by atoms with E-state index in [1.165, 1.54) is 0 Å². The molecule has 1 aliphatic rings. The van der Waals surface area contributed by atoms with E-state index in [0.29, 0.717) is 0 Å². The van der Waals surface area contributed by atoms with Crippen LogP contribution in [-0.2, 0) is 4.79 Å². The van der Waals surface area contributed by atoms with Crippen LogP contribution in [0.4, 0.5) is 0 Å². The van der Waals surface area contributed by atoms with Gasteiger partial charge in [-0.05, 0) is 39.3 Å². The molecule has 1 saturated heterocycles. The van der Waals surface area contributed by atoms with Gasteiger partial charge in [-0.2, -0.15) is 0 Å². The normalized spacial score (nSPS) is 29.4. The minimum Gasteiger partial charge on any atom is -0.480 e. The third-order valence-corrected chi connectivity index (χ3v) is 3.03. The Kier molecular flexibility index (Phi) is 3.31. The molecule has 1 atom stereocenters. The van der Waals surface area contributed by atoms with Crippen molar-refractivity contribution in [2.24, 2.45) is 0 Å². The maximum atomic E-state index is 11.1. The fourth-order valence-electron chi connectivity index (χ4n) is 1.97. The van der Waals surface area contributed by atoms with Gasteiger partial charge in [0.15, 0.2) is 0 Å². The summed E-state index contributed by atoms with van der Waals surface area (Å²) in [6.45, 7) is 5.86. The van der Waals surface area contributed by atoms with Crippen LogP contribution < -0.4 is 0 Å². The molecule has 1 aliphatic heterocycles. The summed E-state index contributed by atoms with van der Waals surface area (Å²) >= 11 is 0. The van der Waals surface area contributed by atoms with Gasteiger partial charge in [-0.1, -0.05) is 13.3 Å². The van der Waals surface area contributed by atoms with E-state index in [9.17, 15) is 4.79 Å². The molecule has 0 radical (unpaired) electrons. The van der Waals surface area contributed by atoms with Gasteiger partial charge in [-0.15, -0.1) is 0 Å². The molecule has 1 unspecified atom stereocenters. The van der Waals surface area contributed by atoms with Gasteiger partial charge >= 0.3 is 5.97 Å². The number of rotatable bonds is 4. The summed E-state index contributed by atoms with van der Waals surface area (Å²) in [6, 6.07) is 0. The van der Waals surface area contributed by atoms with Gasteiger partial charge < -0.3 is 5.11 Å². The lowest BCUT2D eigenvalue weighted by Gasteiger charge is -2.30. The zero-order valence-corrected chi connectivity index (χ0v) is 8.55. The third-order valence-electron chi connectivity index (χ3n) is 3.03. The third kappa shape index (κ3) is 2.02. The van der Waals surface area contributed by atoms with Crippen LogP contribution in [0.15, 0.2) is 0 Å². The highest BCUT2D eigenvalue weighted by molar-refractivity contribution is 5.78. The Labute approximate surface area is 79.7 Å². The SMILES string of the molecule is CCCCN1CCCC1(C)C(=O)O. The molecule has 1 N–H and O–H groups in total. The highest BCUT2D eigenvalue weighted by Gasteiger charge is 2.42. The number of carboxylic acids is 1. The maximum absolute atomic E-state index is 11.1. The van der Waals surface area contributed by atoms with Crippen molar-refractivity contribution in [1.29, 1.82) is 0 Å². The highest BCUT2D eigenvalue weighted by atomic mass is 16.4. The smallest absolute Gasteiger partial charge is 0.323 e. The largest absolute Gasteiger partial charge is 0.480 e. The fraction of sp³-hybridized carbons (Fsp3) is 0.900. The van der Waals surface area contributed by atoms with Gasteiger partial charge in [-0.25, -0.2) is 0 Å². The Morgan fingerprint density at radius 3 is 2.85 bits per heavy atom. The molecule has 3 heteroatoms. The number of likely N-dealkylation sites (tertiary alicyclic amines) is 1. The predicted octanol–water partition coefficient (Wildman–Crippen LogP) is 1.73. The number of unbranched alkanes of at least 4 members (excludes halogenated alkanes) is 1. The van der Waals surface area contributed by atoms with E-state index in [-0.39, 0.29) is 0 Å². The van der Waals surface area contributed by atoms with Gasteiger partial charge in [0, 0.05) is 0 Å². The van der Waals surface area contributed by atoms with E-state index in [4.69, 9.17) is 5.11 Å². The van der Waals surface area contributed by atoms with E-state index in [2.05, 4.69) is 11.8 Å². The van der Waals surface area contributed by atoms with Gasteiger partial charge in [-0.3, -0.25) is 9.69 Å². The van der Waals surface area contributed by atoms with Crippen molar-refractivity contribution in [2.45, 2.75) is 45.1 Å². The Bertz CT molecular complexity index is 193. The van der Waals surface area contributed by atoms with Crippen molar-refractivity contribution in [2.75, 3.05) is 13.1 Å². The number of hydrogen-bond acceptors (Lipinski definition) is 2. The molecule has 1 fully saturated rings. The molecule has 0 aromatic rings. The van der Waals surface area contributed by atoms with Crippen molar-refractivity contribution in [3.63, 3.8) is 0 Å². The van der Waals surface area contributed by atoms with Crippen LogP contribution in [0.1, 0.15) is 39.5 Å². The molecular weight excluding hydrogens is 166 g/mol. The Morgan fingerprint density at radius 2 is 2.31 bits per heavy atom.